The highest BCUT2D eigenvalue weighted by Crippen LogP contribution is 2.23. The second-order valence-corrected chi connectivity index (χ2v) is 7.73. The smallest absolute Gasteiger partial charge is 0.343 e. The molecule has 26 heavy (non-hydrogen) atoms. The molecule has 4 heteroatoms. The van der Waals surface area contributed by atoms with Crippen molar-refractivity contribution < 1.29 is 19.1 Å². The molecule has 0 atom stereocenters. The Morgan fingerprint density at radius 3 is 1.85 bits per heavy atom. The highest BCUT2D eigenvalue weighted by molar-refractivity contribution is 5.92. The molecular formula is C22H26O4. The molecule has 0 heterocycles. The third-order valence-electron chi connectivity index (χ3n) is 3.83. The molecule has 0 aromatic heterocycles. The van der Waals surface area contributed by atoms with Gasteiger partial charge in [0.05, 0.1) is 17.7 Å². The van der Waals surface area contributed by atoms with Crippen LogP contribution < -0.4 is 4.74 Å². The van der Waals surface area contributed by atoms with Gasteiger partial charge in [0.2, 0.25) is 0 Å². The predicted molar refractivity (Wildman–Crippen MR) is 102 cm³/mol. The minimum absolute atomic E-state index is 0.0302. The first-order chi connectivity index (χ1) is 12.2. The van der Waals surface area contributed by atoms with E-state index >= 15 is 0 Å². The van der Waals surface area contributed by atoms with Crippen LogP contribution in [0.15, 0.2) is 48.5 Å². The molecule has 2 rings (SSSR count). The van der Waals surface area contributed by atoms with E-state index in [0.29, 0.717) is 23.5 Å². The van der Waals surface area contributed by atoms with Gasteiger partial charge in [0, 0.05) is 0 Å². The van der Waals surface area contributed by atoms with Gasteiger partial charge in [0.15, 0.2) is 0 Å². The molecule has 0 aliphatic heterocycles. The van der Waals surface area contributed by atoms with Crippen LogP contribution in [0.1, 0.15) is 60.9 Å². The number of benzene rings is 2. The lowest BCUT2D eigenvalue weighted by atomic mass is 9.87. The average Bonchev–Trinajstić information content (AvgIpc) is 2.59. The normalized spacial score (nSPS) is 11.3. The summed E-state index contributed by atoms with van der Waals surface area (Å²) < 4.78 is 10.5. The first-order valence-corrected chi connectivity index (χ1v) is 8.76. The molecule has 0 aliphatic rings. The lowest BCUT2D eigenvalue weighted by Gasteiger charge is -2.18. The zero-order chi connectivity index (χ0) is 19.3. The molecule has 2 aromatic rings. The topological polar surface area (TPSA) is 52.6 Å². The number of ether oxygens (including phenoxy) is 2. The first-order valence-electron chi connectivity index (χ1n) is 8.76. The van der Waals surface area contributed by atoms with Crippen molar-refractivity contribution in [2.75, 3.05) is 6.61 Å². The predicted octanol–water partition coefficient (Wildman–Crippen LogP) is 5.02. The molecular weight excluding hydrogens is 328 g/mol. The quantitative estimate of drug-likeness (QED) is 0.559. The van der Waals surface area contributed by atoms with E-state index in [4.69, 9.17) is 9.47 Å². The van der Waals surface area contributed by atoms with E-state index in [2.05, 4.69) is 20.8 Å². The molecule has 0 spiro atoms. The van der Waals surface area contributed by atoms with Crippen molar-refractivity contribution in [3.05, 3.63) is 65.2 Å². The molecule has 0 saturated carbocycles. The van der Waals surface area contributed by atoms with E-state index in [0.717, 1.165) is 5.56 Å². The minimum Gasteiger partial charge on any atom is -0.462 e. The highest BCUT2D eigenvalue weighted by Gasteiger charge is 2.15. The average molecular weight is 354 g/mol. The standard InChI is InChI=1S/C22H26O4/c1-15(2)14-25-20(23)16-8-12-19(13-9-16)26-21(24)17-6-10-18(11-7-17)22(3,4)5/h6-13,15H,14H2,1-5H3. The number of carbonyl (C=O) groups excluding carboxylic acids is 2. The Bertz CT molecular complexity index is 750. The molecule has 0 unspecified atom stereocenters. The number of hydrogen-bond donors (Lipinski definition) is 0. The molecule has 4 nitrogen and oxygen atoms in total. The van der Waals surface area contributed by atoms with Gasteiger partial charge in [0.25, 0.3) is 0 Å². The van der Waals surface area contributed by atoms with Crippen LogP contribution in [-0.4, -0.2) is 18.5 Å². The molecule has 0 fully saturated rings. The van der Waals surface area contributed by atoms with Crippen molar-refractivity contribution in [1.82, 2.24) is 0 Å². The number of esters is 2. The first kappa shape index (κ1) is 19.7. The summed E-state index contributed by atoms with van der Waals surface area (Å²) in [6.07, 6.45) is 0. The summed E-state index contributed by atoms with van der Waals surface area (Å²) in [6.45, 7) is 10.7. The number of hydrogen-bond acceptors (Lipinski definition) is 4. The van der Waals surface area contributed by atoms with Crippen molar-refractivity contribution in [2.45, 2.75) is 40.0 Å². The van der Waals surface area contributed by atoms with Crippen molar-refractivity contribution in [3.8, 4) is 5.75 Å². The fourth-order valence-corrected chi connectivity index (χ4v) is 2.26. The Balaban J connectivity index is 2.00. The van der Waals surface area contributed by atoms with E-state index < -0.39 is 5.97 Å². The summed E-state index contributed by atoms with van der Waals surface area (Å²) in [4.78, 5) is 24.1. The summed E-state index contributed by atoms with van der Waals surface area (Å²) in [7, 11) is 0. The van der Waals surface area contributed by atoms with Gasteiger partial charge < -0.3 is 9.47 Å². The van der Waals surface area contributed by atoms with Gasteiger partial charge in [-0.1, -0.05) is 46.8 Å². The summed E-state index contributed by atoms with van der Waals surface area (Å²) in [5, 5.41) is 0. The highest BCUT2D eigenvalue weighted by atomic mass is 16.5. The van der Waals surface area contributed by atoms with Crippen molar-refractivity contribution in [2.24, 2.45) is 5.92 Å². The fourth-order valence-electron chi connectivity index (χ4n) is 2.26. The van der Waals surface area contributed by atoms with Gasteiger partial charge in [-0.2, -0.15) is 0 Å². The Labute approximate surface area is 155 Å². The number of carbonyl (C=O) groups is 2. The molecule has 0 aliphatic carbocycles. The molecule has 0 bridgehead atoms. The maximum atomic E-state index is 12.3. The minimum atomic E-state index is -0.430. The SMILES string of the molecule is CC(C)COC(=O)c1ccc(OC(=O)c2ccc(C(C)(C)C)cc2)cc1. The second-order valence-electron chi connectivity index (χ2n) is 7.73. The van der Waals surface area contributed by atoms with Gasteiger partial charge >= 0.3 is 11.9 Å². The summed E-state index contributed by atoms with van der Waals surface area (Å²) in [5.41, 5.74) is 2.10. The van der Waals surface area contributed by atoms with Crippen LogP contribution in [0, 0.1) is 5.92 Å². The molecule has 0 radical (unpaired) electrons. The third-order valence-corrected chi connectivity index (χ3v) is 3.83. The maximum absolute atomic E-state index is 12.3. The molecule has 2 aromatic carbocycles. The van der Waals surface area contributed by atoms with Gasteiger partial charge in [-0.3, -0.25) is 0 Å². The summed E-state index contributed by atoms with van der Waals surface area (Å²) in [5.74, 6) is -0.144. The van der Waals surface area contributed by atoms with Crippen LogP contribution in [0.5, 0.6) is 5.75 Å². The van der Waals surface area contributed by atoms with Crippen LogP contribution in [0.2, 0.25) is 0 Å². The van der Waals surface area contributed by atoms with Crippen LogP contribution in [-0.2, 0) is 10.2 Å². The Kier molecular flexibility index (Phi) is 6.19. The van der Waals surface area contributed by atoms with Crippen molar-refractivity contribution in [1.29, 1.82) is 0 Å². The van der Waals surface area contributed by atoms with E-state index in [1.54, 1.807) is 36.4 Å². The Morgan fingerprint density at radius 1 is 0.846 bits per heavy atom. The number of rotatable bonds is 5. The molecule has 0 amide bonds. The fraction of sp³-hybridized carbons (Fsp3) is 0.364. The van der Waals surface area contributed by atoms with Crippen molar-refractivity contribution >= 4 is 11.9 Å². The second kappa shape index (κ2) is 8.17. The molecule has 0 N–H and O–H groups in total. The largest absolute Gasteiger partial charge is 0.462 e. The van der Waals surface area contributed by atoms with Crippen LogP contribution in [0.3, 0.4) is 0 Å². The Morgan fingerprint density at radius 2 is 1.35 bits per heavy atom. The van der Waals surface area contributed by atoms with E-state index in [9.17, 15) is 9.59 Å². The Hall–Kier alpha value is -2.62. The van der Waals surface area contributed by atoms with Crippen LogP contribution >= 0.6 is 0 Å². The molecule has 138 valence electrons. The molecule has 0 saturated heterocycles. The zero-order valence-electron chi connectivity index (χ0n) is 16.0. The van der Waals surface area contributed by atoms with Gasteiger partial charge in [-0.15, -0.1) is 0 Å². The van der Waals surface area contributed by atoms with Crippen molar-refractivity contribution in [3.63, 3.8) is 0 Å². The summed E-state index contributed by atoms with van der Waals surface area (Å²) >= 11 is 0. The van der Waals surface area contributed by atoms with Crippen LogP contribution in [0.4, 0.5) is 0 Å². The zero-order valence-corrected chi connectivity index (χ0v) is 16.0. The van der Waals surface area contributed by atoms with E-state index in [1.807, 2.05) is 26.0 Å². The van der Waals surface area contributed by atoms with Gasteiger partial charge in [0.1, 0.15) is 5.75 Å². The lowest BCUT2D eigenvalue weighted by Crippen LogP contribution is -2.13. The maximum Gasteiger partial charge on any atom is 0.343 e. The van der Waals surface area contributed by atoms with E-state index in [1.165, 1.54) is 0 Å². The van der Waals surface area contributed by atoms with E-state index in [-0.39, 0.29) is 17.3 Å². The summed E-state index contributed by atoms with van der Waals surface area (Å²) in [6, 6.07) is 13.8. The third kappa shape index (κ3) is 5.45. The lowest BCUT2D eigenvalue weighted by molar-refractivity contribution is 0.0459. The monoisotopic (exact) mass is 354 g/mol. The van der Waals surface area contributed by atoms with Gasteiger partial charge in [-0.25, -0.2) is 9.59 Å². The van der Waals surface area contributed by atoms with Gasteiger partial charge in [-0.05, 0) is 53.3 Å². The van der Waals surface area contributed by atoms with Crippen LogP contribution in [0.25, 0.3) is 0 Å².